The minimum Gasteiger partial charge on any atom is -0.369 e. The van der Waals surface area contributed by atoms with E-state index < -0.39 is 0 Å². The summed E-state index contributed by atoms with van der Waals surface area (Å²) in [5.74, 6) is 0.227. The first-order chi connectivity index (χ1) is 15.1. The summed E-state index contributed by atoms with van der Waals surface area (Å²) in [5, 5.41) is 6.65. The molecule has 2 heterocycles. The van der Waals surface area contributed by atoms with Gasteiger partial charge in [-0.1, -0.05) is 24.4 Å². The SMILES string of the molecule is CN(c1ccc(NC(=O)CCc2nc(-c3cccnc3)no2)cc1F)C1CCCCC1. The average molecular weight is 423 g/mol. The van der Waals surface area contributed by atoms with Gasteiger partial charge in [-0.25, -0.2) is 4.39 Å². The summed E-state index contributed by atoms with van der Waals surface area (Å²) in [6.45, 7) is 0. The fraction of sp³-hybridized carbons (Fsp3) is 0.391. The molecule has 4 rings (SSSR count). The van der Waals surface area contributed by atoms with E-state index in [9.17, 15) is 9.18 Å². The predicted octanol–water partition coefficient (Wildman–Crippen LogP) is 4.61. The predicted molar refractivity (Wildman–Crippen MR) is 116 cm³/mol. The molecule has 0 spiro atoms. The van der Waals surface area contributed by atoms with Gasteiger partial charge in [0.15, 0.2) is 0 Å². The molecule has 0 unspecified atom stereocenters. The van der Waals surface area contributed by atoms with Crippen LogP contribution in [0.5, 0.6) is 0 Å². The fourth-order valence-corrected chi connectivity index (χ4v) is 3.95. The van der Waals surface area contributed by atoms with E-state index in [1.165, 1.54) is 25.3 Å². The quantitative estimate of drug-likeness (QED) is 0.597. The van der Waals surface area contributed by atoms with E-state index in [1.807, 2.05) is 18.0 Å². The molecular formula is C23H26FN5O2. The molecule has 8 heteroatoms. The molecule has 0 saturated heterocycles. The number of carbonyl (C=O) groups is 1. The van der Waals surface area contributed by atoms with E-state index in [2.05, 4.69) is 20.4 Å². The third kappa shape index (κ3) is 5.25. The smallest absolute Gasteiger partial charge is 0.227 e. The molecule has 1 aliphatic carbocycles. The first-order valence-corrected chi connectivity index (χ1v) is 10.7. The summed E-state index contributed by atoms with van der Waals surface area (Å²) in [6.07, 6.45) is 9.57. The van der Waals surface area contributed by atoms with Crippen LogP contribution in [-0.4, -0.2) is 34.1 Å². The zero-order valence-electron chi connectivity index (χ0n) is 17.6. The van der Waals surface area contributed by atoms with Crippen LogP contribution in [0.1, 0.15) is 44.4 Å². The van der Waals surface area contributed by atoms with Gasteiger partial charge in [-0.15, -0.1) is 0 Å². The highest BCUT2D eigenvalue weighted by molar-refractivity contribution is 5.91. The van der Waals surface area contributed by atoms with Gasteiger partial charge in [-0.05, 0) is 43.2 Å². The third-order valence-corrected chi connectivity index (χ3v) is 5.69. The van der Waals surface area contributed by atoms with Crippen LogP contribution < -0.4 is 10.2 Å². The van der Waals surface area contributed by atoms with Crippen molar-refractivity contribution in [3.05, 3.63) is 54.4 Å². The second kappa shape index (κ2) is 9.68. The lowest BCUT2D eigenvalue weighted by Crippen LogP contribution is -2.33. The Balaban J connectivity index is 1.31. The van der Waals surface area contributed by atoms with Crippen molar-refractivity contribution in [2.75, 3.05) is 17.3 Å². The number of nitrogens with zero attached hydrogens (tertiary/aromatic N) is 4. The number of rotatable bonds is 7. The number of aromatic nitrogens is 3. The zero-order valence-corrected chi connectivity index (χ0v) is 17.6. The van der Waals surface area contributed by atoms with Gasteiger partial charge in [-0.2, -0.15) is 4.98 Å². The van der Waals surface area contributed by atoms with Gasteiger partial charge in [0.1, 0.15) is 5.82 Å². The van der Waals surface area contributed by atoms with Crippen molar-refractivity contribution in [3.63, 3.8) is 0 Å². The number of hydrogen-bond donors (Lipinski definition) is 1. The van der Waals surface area contributed by atoms with E-state index in [1.54, 1.807) is 30.6 Å². The molecule has 2 aromatic heterocycles. The van der Waals surface area contributed by atoms with Crippen LogP contribution in [-0.2, 0) is 11.2 Å². The molecule has 3 aromatic rings. The maximum atomic E-state index is 14.7. The van der Waals surface area contributed by atoms with Crippen LogP contribution in [0, 0.1) is 5.82 Å². The number of carbonyl (C=O) groups excluding carboxylic acids is 1. The molecule has 1 fully saturated rings. The molecular weight excluding hydrogens is 397 g/mol. The topological polar surface area (TPSA) is 84.2 Å². The highest BCUT2D eigenvalue weighted by Gasteiger charge is 2.21. The number of aryl methyl sites for hydroxylation is 1. The van der Waals surface area contributed by atoms with E-state index in [0.29, 0.717) is 35.6 Å². The van der Waals surface area contributed by atoms with E-state index >= 15 is 0 Å². The van der Waals surface area contributed by atoms with Gasteiger partial charge in [0, 0.05) is 49.6 Å². The van der Waals surface area contributed by atoms with Gasteiger partial charge in [0.05, 0.1) is 5.69 Å². The summed E-state index contributed by atoms with van der Waals surface area (Å²) in [4.78, 5) is 22.6. The Kier molecular flexibility index (Phi) is 6.54. The van der Waals surface area contributed by atoms with Crippen molar-refractivity contribution in [1.29, 1.82) is 0 Å². The number of amides is 1. The highest BCUT2D eigenvalue weighted by atomic mass is 19.1. The monoisotopic (exact) mass is 423 g/mol. The lowest BCUT2D eigenvalue weighted by Gasteiger charge is -2.33. The molecule has 1 aliphatic rings. The molecule has 1 N–H and O–H groups in total. The van der Waals surface area contributed by atoms with Gasteiger partial charge in [0.2, 0.25) is 17.6 Å². The van der Waals surface area contributed by atoms with Crippen LogP contribution in [0.15, 0.2) is 47.2 Å². The minimum atomic E-state index is -0.330. The third-order valence-electron chi connectivity index (χ3n) is 5.69. The summed E-state index contributed by atoms with van der Waals surface area (Å²) in [5.41, 5.74) is 1.75. The Hall–Kier alpha value is -3.29. The zero-order chi connectivity index (χ0) is 21.6. The Morgan fingerprint density at radius 2 is 2.10 bits per heavy atom. The van der Waals surface area contributed by atoms with E-state index in [4.69, 9.17) is 4.52 Å². The molecule has 7 nitrogen and oxygen atoms in total. The molecule has 1 saturated carbocycles. The molecule has 0 radical (unpaired) electrons. The number of benzene rings is 1. The number of hydrogen-bond acceptors (Lipinski definition) is 6. The number of pyridine rings is 1. The molecule has 0 bridgehead atoms. The molecule has 31 heavy (non-hydrogen) atoms. The Morgan fingerprint density at radius 1 is 1.26 bits per heavy atom. The number of nitrogens with one attached hydrogen (secondary N) is 1. The van der Waals surface area contributed by atoms with E-state index in [-0.39, 0.29) is 18.1 Å². The van der Waals surface area contributed by atoms with Crippen molar-refractivity contribution in [2.45, 2.75) is 51.0 Å². The van der Waals surface area contributed by atoms with Crippen LogP contribution in [0.4, 0.5) is 15.8 Å². The molecule has 0 atom stereocenters. The van der Waals surface area contributed by atoms with Gasteiger partial charge < -0.3 is 14.7 Å². The van der Waals surface area contributed by atoms with Crippen molar-refractivity contribution in [2.24, 2.45) is 0 Å². The lowest BCUT2D eigenvalue weighted by molar-refractivity contribution is -0.116. The Labute approximate surface area is 180 Å². The molecule has 0 aliphatic heterocycles. The molecule has 1 amide bonds. The number of halogens is 1. The summed E-state index contributed by atoms with van der Waals surface area (Å²) in [6, 6.07) is 8.84. The normalized spacial score (nSPS) is 14.4. The second-order valence-corrected chi connectivity index (χ2v) is 7.87. The Bertz CT molecular complexity index is 1020. The van der Waals surface area contributed by atoms with Gasteiger partial charge in [-0.3, -0.25) is 9.78 Å². The van der Waals surface area contributed by atoms with Gasteiger partial charge >= 0.3 is 0 Å². The van der Waals surface area contributed by atoms with Crippen molar-refractivity contribution in [1.82, 2.24) is 15.1 Å². The van der Waals surface area contributed by atoms with Crippen LogP contribution in [0.25, 0.3) is 11.4 Å². The van der Waals surface area contributed by atoms with Crippen molar-refractivity contribution < 1.29 is 13.7 Å². The first kappa shape index (κ1) is 21.0. The van der Waals surface area contributed by atoms with E-state index in [0.717, 1.165) is 18.4 Å². The summed E-state index contributed by atoms with van der Waals surface area (Å²) >= 11 is 0. The molecule has 1 aromatic carbocycles. The molecule has 162 valence electrons. The number of anilines is 2. The minimum absolute atomic E-state index is 0.153. The first-order valence-electron chi connectivity index (χ1n) is 10.7. The average Bonchev–Trinajstić information content (AvgIpc) is 3.28. The fourth-order valence-electron chi connectivity index (χ4n) is 3.95. The summed E-state index contributed by atoms with van der Waals surface area (Å²) in [7, 11) is 1.94. The van der Waals surface area contributed by atoms with Crippen LogP contribution in [0.2, 0.25) is 0 Å². The van der Waals surface area contributed by atoms with Crippen LogP contribution >= 0.6 is 0 Å². The maximum absolute atomic E-state index is 14.7. The van der Waals surface area contributed by atoms with Crippen molar-refractivity contribution in [3.8, 4) is 11.4 Å². The summed E-state index contributed by atoms with van der Waals surface area (Å²) < 4.78 is 19.9. The largest absolute Gasteiger partial charge is 0.369 e. The maximum Gasteiger partial charge on any atom is 0.227 e. The highest BCUT2D eigenvalue weighted by Crippen LogP contribution is 2.29. The van der Waals surface area contributed by atoms with Gasteiger partial charge in [0.25, 0.3) is 0 Å². The second-order valence-electron chi connectivity index (χ2n) is 7.87. The standard InChI is InChI=1S/C23H26FN5O2/c1-29(18-7-3-2-4-8-18)20-10-9-17(14-19(20)24)26-21(30)11-12-22-27-23(28-31-22)16-6-5-13-25-15-16/h5-6,9-10,13-15,18H,2-4,7-8,11-12H2,1H3,(H,26,30). The lowest BCUT2D eigenvalue weighted by atomic mass is 9.94. The van der Waals surface area contributed by atoms with Crippen LogP contribution in [0.3, 0.4) is 0 Å². The Morgan fingerprint density at radius 3 is 2.84 bits per heavy atom. The van der Waals surface area contributed by atoms with Crippen molar-refractivity contribution >= 4 is 17.3 Å².